The molecule has 1 aromatic heterocycles. The molecule has 2 N–H and O–H groups in total. The minimum absolute atomic E-state index is 0.397. The quantitative estimate of drug-likeness (QED) is 0.752. The number of nitrogens with zero attached hydrogens (tertiary/aromatic N) is 2. The molecule has 4 nitrogen and oxygen atoms in total. The van der Waals surface area contributed by atoms with Gasteiger partial charge in [0.25, 0.3) is 0 Å². The van der Waals surface area contributed by atoms with Crippen LogP contribution < -0.4 is 5.32 Å². The highest BCUT2D eigenvalue weighted by atomic mass is 15.3. The fourth-order valence-electron chi connectivity index (χ4n) is 2.07. The van der Waals surface area contributed by atoms with Gasteiger partial charge in [-0.2, -0.15) is 15.4 Å². The number of hydrogen-bond acceptors (Lipinski definition) is 3. The number of hydrogen-bond donors (Lipinski definition) is 2. The molecule has 1 atom stereocenters. The largest absolute Gasteiger partial charge is 0.309 e. The minimum Gasteiger partial charge on any atom is -0.309 e. The van der Waals surface area contributed by atoms with E-state index in [0.29, 0.717) is 6.04 Å². The molecule has 4 heteroatoms. The van der Waals surface area contributed by atoms with E-state index in [9.17, 15) is 0 Å². The van der Waals surface area contributed by atoms with Gasteiger partial charge in [-0.05, 0) is 25.3 Å². The Labute approximate surface area is 90.8 Å². The average molecular weight is 208 g/mol. The SMILES string of the molecule is CCCNC(CC1CCC1)c1cn[nH]n1. The van der Waals surface area contributed by atoms with Gasteiger partial charge >= 0.3 is 0 Å². The third-order valence-electron chi connectivity index (χ3n) is 3.23. The van der Waals surface area contributed by atoms with Crippen molar-refractivity contribution in [3.05, 3.63) is 11.9 Å². The molecule has 84 valence electrons. The van der Waals surface area contributed by atoms with E-state index >= 15 is 0 Å². The van der Waals surface area contributed by atoms with Crippen LogP contribution in [0.2, 0.25) is 0 Å². The van der Waals surface area contributed by atoms with Crippen molar-refractivity contribution < 1.29 is 0 Å². The zero-order valence-corrected chi connectivity index (χ0v) is 9.37. The van der Waals surface area contributed by atoms with Crippen LogP contribution in [0.25, 0.3) is 0 Å². The first kappa shape index (κ1) is 10.6. The first-order valence-electron chi connectivity index (χ1n) is 5.99. The second kappa shape index (κ2) is 5.26. The molecule has 0 saturated heterocycles. The van der Waals surface area contributed by atoms with E-state index in [2.05, 4.69) is 27.7 Å². The van der Waals surface area contributed by atoms with E-state index in [1.54, 1.807) is 0 Å². The van der Waals surface area contributed by atoms with Crippen LogP contribution in [0.1, 0.15) is 50.8 Å². The summed E-state index contributed by atoms with van der Waals surface area (Å²) in [5, 5.41) is 14.3. The summed E-state index contributed by atoms with van der Waals surface area (Å²) in [4.78, 5) is 0. The maximum absolute atomic E-state index is 4.18. The Morgan fingerprint density at radius 2 is 2.47 bits per heavy atom. The van der Waals surface area contributed by atoms with Crippen molar-refractivity contribution in [3.8, 4) is 0 Å². The van der Waals surface area contributed by atoms with Crippen LogP contribution in [0.3, 0.4) is 0 Å². The van der Waals surface area contributed by atoms with Gasteiger partial charge in [-0.25, -0.2) is 0 Å². The molecule has 1 saturated carbocycles. The lowest BCUT2D eigenvalue weighted by Gasteiger charge is -2.29. The smallest absolute Gasteiger partial charge is 0.0993 e. The van der Waals surface area contributed by atoms with Crippen LogP contribution in [0.4, 0.5) is 0 Å². The molecule has 1 aromatic rings. The molecule has 0 spiro atoms. The number of rotatable bonds is 6. The van der Waals surface area contributed by atoms with Crippen molar-refractivity contribution in [2.45, 2.75) is 45.1 Å². The average Bonchev–Trinajstić information content (AvgIpc) is 2.68. The third-order valence-corrected chi connectivity index (χ3v) is 3.23. The monoisotopic (exact) mass is 208 g/mol. The zero-order chi connectivity index (χ0) is 10.5. The lowest BCUT2D eigenvalue weighted by molar-refractivity contribution is 0.259. The molecule has 0 radical (unpaired) electrons. The van der Waals surface area contributed by atoms with Gasteiger partial charge in [0, 0.05) is 0 Å². The lowest BCUT2D eigenvalue weighted by atomic mass is 9.80. The second-order valence-electron chi connectivity index (χ2n) is 4.43. The number of H-pyrrole nitrogens is 1. The fourth-order valence-corrected chi connectivity index (χ4v) is 2.07. The molecule has 1 fully saturated rings. The normalized spacial score (nSPS) is 18.7. The molecule has 1 heterocycles. The minimum atomic E-state index is 0.397. The Morgan fingerprint density at radius 3 is 3.00 bits per heavy atom. The third kappa shape index (κ3) is 2.78. The van der Waals surface area contributed by atoms with Crippen LogP contribution in [0.15, 0.2) is 6.20 Å². The van der Waals surface area contributed by atoms with E-state index in [-0.39, 0.29) is 0 Å². The van der Waals surface area contributed by atoms with Crippen LogP contribution in [-0.2, 0) is 0 Å². The van der Waals surface area contributed by atoms with E-state index in [4.69, 9.17) is 0 Å². The van der Waals surface area contributed by atoms with Crippen molar-refractivity contribution >= 4 is 0 Å². The standard InChI is InChI=1S/C11H20N4/c1-2-6-12-10(7-9-4-3-5-9)11-8-13-15-14-11/h8-10,12H,2-7H2,1H3,(H,13,14,15). The fraction of sp³-hybridized carbons (Fsp3) is 0.818. The predicted molar refractivity (Wildman–Crippen MR) is 59.4 cm³/mol. The highest BCUT2D eigenvalue weighted by Gasteiger charge is 2.23. The van der Waals surface area contributed by atoms with Crippen LogP contribution >= 0.6 is 0 Å². The van der Waals surface area contributed by atoms with E-state index in [1.807, 2.05) is 6.20 Å². The second-order valence-corrected chi connectivity index (χ2v) is 4.43. The van der Waals surface area contributed by atoms with Gasteiger partial charge < -0.3 is 5.32 Å². The van der Waals surface area contributed by atoms with Crippen molar-refractivity contribution in [2.75, 3.05) is 6.54 Å². The molecule has 0 amide bonds. The van der Waals surface area contributed by atoms with Gasteiger partial charge in [0.1, 0.15) is 0 Å². The van der Waals surface area contributed by atoms with Gasteiger partial charge in [0.15, 0.2) is 0 Å². The highest BCUT2D eigenvalue weighted by molar-refractivity contribution is 5.00. The summed E-state index contributed by atoms with van der Waals surface area (Å²) in [7, 11) is 0. The Balaban J connectivity index is 1.89. The van der Waals surface area contributed by atoms with Gasteiger partial charge in [0.05, 0.1) is 17.9 Å². The maximum Gasteiger partial charge on any atom is 0.0993 e. The van der Waals surface area contributed by atoms with Gasteiger partial charge in [-0.15, -0.1) is 0 Å². The van der Waals surface area contributed by atoms with Crippen LogP contribution in [0, 0.1) is 5.92 Å². The van der Waals surface area contributed by atoms with E-state index in [0.717, 1.165) is 18.2 Å². The molecule has 0 aliphatic heterocycles. The first-order valence-corrected chi connectivity index (χ1v) is 5.99. The highest BCUT2D eigenvalue weighted by Crippen LogP contribution is 2.34. The van der Waals surface area contributed by atoms with E-state index in [1.165, 1.54) is 32.1 Å². The lowest BCUT2D eigenvalue weighted by Crippen LogP contribution is -2.27. The summed E-state index contributed by atoms with van der Waals surface area (Å²) < 4.78 is 0. The summed E-state index contributed by atoms with van der Waals surface area (Å²) in [5.74, 6) is 0.899. The number of nitrogens with one attached hydrogen (secondary N) is 2. The van der Waals surface area contributed by atoms with E-state index < -0.39 is 0 Å². The van der Waals surface area contributed by atoms with Crippen LogP contribution in [0.5, 0.6) is 0 Å². The summed E-state index contributed by atoms with van der Waals surface area (Å²) >= 11 is 0. The Kier molecular flexibility index (Phi) is 3.72. The molecule has 0 aromatic carbocycles. The summed E-state index contributed by atoms with van der Waals surface area (Å²) in [6, 6.07) is 0.397. The summed E-state index contributed by atoms with van der Waals surface area (Å²) in [6.07, 6.45) is 8.41. The molecular formula is C11H20N4. The zero-order valence-electron chi connectivity index (χ0n) is 9.37. The molecule has 0 bridgehead atoms. The number of aromatic nitrogens is 3. The van der Waals surface area contributed by atoms with Crippen molar-refractivity contribution in [3.63, 3.8) is 0 Å². The Hall–Kier alpha value is -0.900. The topological polar surface area (TPSA) is 53.6 Å². The Morgan fingerprint density at radius 1 is 1.60 bits per heavy atom. The molecule has 2 rings (SSSR count). The maximum atomic E-state index is 4.18. The molecular weight excluding hydrogens is 188 g/mol. The van der Waals surface area contributed by atoms with Crippen LogP contribution in [-0.4, -0.2) is 22.0 Å². The molecule has 1 aliphatic rings. The van der Waals surface area contributed by atoms with Crippen molar-refractivity contribution in [1.82, 2.24) is 20.7 Å². The molecule has 15 heavy (non-hydrogen) atoms. The predicted octanol–water partition coefficient (Wildman–Crippen LogP) is 2.04. The van der Waals surface area contributed by atoms with Gasteiger partial charge in [0.2, 0.25) is 0 Å². The van der Waals surface area contributed by atoms with Crippen molar-refractivity contribution in [2.24, 2.45) is 5.92 Å². The van der Waals surface area contributed by atoms with Gasteiger partial charge in [-0.3, -0.25) is 0 Å². The number of aromatic amines is 1. The Bertz CT molecular complexity index is 266. The summed E-state index contributed by atoms with van der Waals surface area (Å²) in [5.41, 5.74) is 1.07. The summed E-state index contributed by atoms with van der Waals surface area (Å²) in [6.45, 7) is 3.25. The van der Waals surface area contributed by atoms with Gasteiger partial charge in [-0.1, -0.05) is 26.2 Å². The first-order chi connectivity index (χ1) is 7.40. The van der Waals surface area contributed by atoms with Crippen molar-refractivity contribution in [1.29, 1.82) is 0 Å². The molecule has 1 unspecified atom stereocenters. The molecule has 1 aliphatic carbocycles.